The first-order chi connectivity index (χ1) is 12.1. The molecule has 0 aliphatic carbocycles. The van der Waals surface area contributed by atoms with Gasteiger partial charge in [-0.3, -0.25) is 9.59 Å². The van der Waals surface area contributed by atoms with Crippen molar-refractivity contribution in [1.29, 1.82) is 0 Å². The Morgan fingerprint density at radius 1 is 1.04 bits per heavy atom. The molecule has 2 rings (SSSR count). The van der Waals surface area contributed by atoms with Gasteiger partial charge in [0.15, 0.2) is 6.61 Å². The van der Waals surface area contributed by atoms with E-state index in [-0.39, 0.29) is 12.5 Å². The van der Waals surface area contributed by atoms with E-state index in [1.54, 1.807) is 7.05 Å². The highest BCUT2D eigenvalue weighted by Gasteiger charge is 2.04. The highest BCUT2D eigenvalue weighted by Crippen LogP contribution is 2.16. The molecule has 0 aromatic heterocycles. The molecule has 0 heterocycles. The molecule has 0 saturated carbocycles. The van der Waals surface area contributed by atoms with Crippen LogP contribution < -0.4 is 15.4 Å². The molecule has 0 spiro atoms. The van der Waals surface area contributed by atoms with Crippen LogP contribution in [-0.4, -0.2) is 26.0 Å². The highest BCUT2D eigenvalue weighted by molar-refractivity contribution is 5.91. The average molecular weight is 344 g/mol. The van der Waals surface area contributed by atoms with Crippen molar-refractivity contribution in [2.75, 3.05) is 19.0 Å². The van der Waals surface area contributed by atoms with Crippen LogP contribution in [0.15, 0.2) is 48.5 Å². The number of aryl methyl sites for hydroxylation is 2. The Hall–Kier alpha value is -2.82. The number of hydrogen-bond donors (Lipinski definition) is 2. The van der Waals surface area contributed by atoms with Gasteiger partial charge in [0, 0.05) is 12.7 Å². The van der Waals surface area contributed by atoms with Crippen LogP contribution in [0.4, 0.5) is 5.69 Å². The number of ether oxygens (including phenoxy) is 1. The summed E-state index contributed by atoms with van der Waals surface area (Å²) in [6, 6.07) is 15.3. The first-order valence-corrected chi connectivity index (χ1v) is 8.22. The summed E-state index contributed by atoms with van der Waals surface area (Å²) >= 11 is 0. The van der Waals surface area contributed by atoms with Crippen molar-refractivity contribution in [3.05, 3.63) is 59.7 Å². The van der Waals surface area contributed by atoms with E-state index in [2.05, 4.69) is 10.6 Å². The summed E-state index contributed by atoms with van der Waals surface area (Å²) < 4.78 is 5.48. The fourth-order valence-electron chi connectivity index (χ4n) is 1.70. The molecule has 5 heteroatoms. The third-order valence-electron chi connectivity index (χ3n) is 2.91. The normalized spacial score (nSPS) is 8.68. The highest BCUT2D eigenvalue weighted by atomic mass is 16.5. The van der Waals surface area contributed by atoms with Crippen molar-refractivity contribution in [3.8, 4) is 5.75 Å². The number of amides is 2. The molecule has 0 bridgehead atoms. The Morgan fingerprint density at radius 3 is 2.12 bits per heavy atom. The van der Waals surface area contributed by atoms with Crippen LogP contribution in [0.3, 0.4) is 0 Å². The summed E-state index contributed by atoms with van der Waals surface area (Å²) in [5.74, 6) is 0.577. The molecule has 0 saturated heterocycles. The van der Waals surface area contributed by atoms with Crippen LogP contribution in [0.5, 0.6) is 5.75 Å². The Bertz CT molecular complexity index is 625. The van der Waals surface area contributed by atoms with Crippen molar-refractivity contribution >= 4 is 18.0 Å². The molecular formula is C20H28N2O3. The molecule has 0 atom stereocenters. The van der Waals surface area contributed by atoms with E-state index >= 15 is 0 Å². The maximum atomic E-state index is 11.7. The van der Waals surface area contributed by atoms with Gasteiger partial charge in [-0.2, -0.15) is 0 Å². The van der Waals surface area contributed by atoms with Gasteiger partial charge in [0.25, 0.3) is 5.91 Å². The summed E-state index contributed by atoms with van der Waals surface area (Å²) in [6.45, 7) is 7.97. The van der Waals surface area contributed by atoms with Crippen molar-refractivity contribution in [2.45, 2.75) is 27.7 Å². The molecule has 5 nitrogen and oxygen atoms in total. The van der Waals surface area contributed by atoms with Crippen LogP contribution in [0.1, 0.15) is 25.0 Å². The minimum absolute atomic E-state index is 0.0126. The number of hydrogen-bond acceptors (Lipinski definition) is 3. The van der Waals surface area contributed by atoms with Crippen LogP contribution >= 0.6 is 0 Å². The standard InChI is InChI=1S/C16H17NO2.C2H5NO.C2H6/c1-12-7-9-14(10-8-12)17-16(18)11-19-15-6-4-3-5-13(15)2;1-3-2-4;1-2/h3-10H,11H2,1-2H3,(H,17,18);2H,1H3,(H,3,4);1-2H3. The van der Waals surface area contributed by atoms with Crippen molar-refractivity contribution in [2.24, 2.45) is 0 Å². The Morgan fingerprint density at radius 2 is 1.60 bits per heavy atom. The molecule has 25 heavy (non-hydrogen) atoms. The number of carbonyl (C=O) groups excluding carboxylic acids is 2. The zero-order valence-corrected chi connectivity index (χ0v) is 15.6. The average Bonchev–Trinajstić information content (AvgIpc) is 2.65. The van der Waals surface area contributed by atoms with E-state index in [0.29, 0.717) is 6.41 Å². The summed E-state index contributed by atoms with van der Waals surface area (Å²) in [4.78, 5) is 20.8. The van der Waals surface area contributed by atoms with Gasteiger partial charge < -0.3 is 15.4 Å². The van der Waals surface area contributed by atoms with E-state index in [4.69, 9.17) is 9.53 Å². The van der Waals surface area contributed by atoms with E-state index in [9.17, 15) is 4.79 Å². The minimum Gasteiger partial charge on any atom is -0.483 e. The lowest BCUT2D eigenvalue weighted by molar-refractivity contribution is -0.118. The second kappa shape index (κ2) is 13.6. The number of nitrogens with one attached hydrogen (secondary N) is 2. The zero-order chi connectivity index (χ0) is 19.1. The Kier molecular flexibility index (Phi) is 12.1. The van der Waals surface area contributed by atoms with Gasteiger partial charge in [-0.25, -0.2) is 0 Å². The molecule has 0 unspecified atom stereocenters. The Balaban J connectivity index is 0.000000845. The molecule has 0 aliphatic rings. The summed E-state index contributed by atoms with van der Waals surface area (Å²) in [5.41, 5.74) is 2.96. The molecule has 2 aromatic carbocycles. The van der Waals surface area contributed by atoms with Crippen molar-refractivity contribution in [3.63, 3.8) is 0 Å². The van der Waals surface area contributed by atoms with Crippen LogP contribution in [0, 0.1) is 13.8 Å². The molecule has 136 valence electrons. The van der Waals surface area contributed by atoms with Crippen LogP contribution in [0.2, 0.25) is 0 Å². The molecule has 2 N–H and O–H groups in total. The molecular weight excluding hydrogens is 316 g/mol. The number of carbonyl (C=O) groups is 2. The monoisotopic (exact) mass is 344 g/mol. The van der Waals surface area contributed by atoms with E-state index < -0.39 is 0 Å². The third-order valence-corrected chi connectivity index (χ3v) is 2.91. The lowest BCUT2D eigenvalue weighted by Crippen LogP contribution is -2.20. The Labute approximate surface area is 150 Å². The molecule has 2 amide bonds. The minimum atomic E-state index is -0.160. The number of rotatable bonds is 5. The lowest BCUT2D eigenvalue weighted by atomic mass is 10.2. The second-order valence-corrected chi connectivity index (χ2v) is 4.87. The second-order valence-electron chi connectivity index (χ2n) is 4.87. The first kappa shape index (κ1) is 22.2. The van der Waals surface area contributed by atoms with E-state index in [1.165, 1.54) is 0 Å². The number of para-hydroxylation sites is 1. The predicted octanol–water partition coefficient (Wildman–Crippen LogP) is 3.71. The summed E-state index contributed by atoms with van der Waals surface area (Å²) in [7, 11) is 1.56. The van der Waals surface area contributed by atoms with Gasteiger partial charge in [0.1, 0.15) is 5.75 Å². The van der Waals surface area contributed by atoms with Gasteiger partial charge >= 0.3 is 0 Å². The molecule has 2 aromatic rings. The zero-order valence-electron chi connectivity index (χ0n) is 15.6. The molecule has 0 fully saturated rings. The fraction of sp³-hybridized carbons (Fsp3) is 0.300. The SMILES string of the molecule is CC.CNC=O.Cc1ccc(NC(=O)COc2ccccc2C)cc1. The largest absolute Gasteiger partial charge is 0.483 e. The van der Waals surface area contributed by atoms with Gasteiger partial charge in [0.2, 0.25) is 6.41 Å². The molecule has 0 radical (unpaired) electrons. The first-order valence-electron chi connectivity index (χ1n) is 8.22. The number of anilines is 1. The topological polar surface area (TPSA) is 67.4 Å². The smallest absolute Gasteiger partial charge is 0.262 e. The lowest BCUT2D eigenvalue weighted by Gasteiger charge is -2.09. The van der Waals surface area contributed by atoms with Crippen LogP contribution in [-0.2, 0) is 9.59 Å². The molecule has 0 aliphatic heterocycles. The third kappa shape index (κ3) is 9.81. The fourth-order valence-corrected chi connectivity index (χ4v) is 1.70. The quantitative estimate of drug-likeness (QED) is 0.813. The predicted molar refractivity (Wildman–Crippen MR) is 103 cm³/mol. The number of benzene rings is 2. The van der Waals surface area contributed by atoms with Crippen LogP contribution in [0.25, 0.3) is 0 Å². The maximum Gasteiger partial charge on any atom is 0.262 e. The van der Waals surface area contributed by atoms with Gasteiger partial charge in [-0.1, -0.05) is 49.7 Å². The van der Waals surface area contributed by atoms with Crippen molar-refractivity contribution < 1.29 is 14.3 Å². The maximum absolute atomic E-state index is 11.7. The van der Waals surface area contributed by atoms with Gasteiger partial charge in [-0.15, -0.1) is 0 Å². The summed E-state index contributed by atoms with van der Waals surface area (Å²) in [6.07, 6.45) is 0.625. The van der Waals surface area contributed by atoms with Gasteiger partial charge in [0.05, 0.1) is 0 Å². The van der Waals surface area contributed by atoms with Gasteiger partial charge in [-0.05, 0) is 37.6 Å². The summed E-state index contributed by atoms with van der Waals surface area (Å²) in [5, 5.41) is 5.04. The van der Waals surface area contributed by atoms with Crippen molar-refractivity contribution in [1.82, 2.24) is 5.32 Å². The van der Waals surface area contributed by atoms with E-state index in [0.717, 1.165) is 22.6 Å². The van der Waals surface area contributed by atoms with E-state index in [1.807, 2.05) is 76.2 Å².